The predicted octanol–water partition coefficient (Wildman–Crippen LogP) is 13.3. The molecule has 1 aliphatic rings. The van der Waals surface area contributed by atoms with Gasteiger partial charge in [-0.2, -0.15) is 0 Å². The largest absolute Gasteiger partial charge is 0.455 e. The lowest BCUT2D eigenvalue weighted by molar-refractivity contribution is 0.653. The van der Waals surface area contributed by atoms with Gasteiger partial charge < -0.3 is 9.32 Å². The van der Waals surface area contributed by atoms with E-state index in [-0.39, 0.29) is 5.41 Å². The van der Waals surface area contributed by atoms with Crippen molar-refractivity contribution >= 4 is 60.5 Å². The number of para-hydroxylation sites is 1. The van der Waals surface area contributed by atoms with Gasteiger partial charge in [0.1, 0.15) is 11.2 Å². The van der Waals surface area contributed by atoms with Gasteiger partial charge in [-0.1, -0.05) is 141 Å². The Kier molecular flexibility index (Phi) is 5.95. The Balaban J connectivity index is 1.24. The van der Waals surface area contributed by atoms with Crippen LogP contribution in [0.4, 0.5) is 17.1 Å². The summed E-state index contributed by atoms with van der Waals surface area (Å²) in [6, 6.07) is 59.4. The zero-order chi connectivity index (χ0) is 32.7. The van der Waals surface area contributed by atoms with E-state index in [1.165, 1.54) is 54.9 Å². The highest BCUT2D eigenvalue weighted by Crippen LogP contribution is 2.54. The van der Waals surface area contributed by atoms with Crippen LogP contribution in [-0.4, -0.2) is 0 Å². The van der Waals surface area contributed by atoms with Gasteiger partial charge in [-0.15, -0.1) is 0 Å². The Labute approximate surface area is 285 Å². The van der Waals surface area contributed by atoms with Gasteiger partial charge >= 0.3 is 0 Å². The Morgan fingerprint density at radius 1 is 0.469 bits per heavy atom. The molecule has 2 heteroatoms. The zero-order valence-electron chi connectivity index (χ0n) is 27.4. The molecule has 0 spiro atoms. The van der Waals surface area contributed by atoms with E-state index in [4.69, 9.17) is 4.42 Å². The number of fused-ring (bicyclic) bond motifs is 10. The first-order chi connectivity index (χ1) is 24.1. The molecular formula is C47H33NO. The van der Waals surface area contributed by atoms with Crippen molar-refractivity contribution in [3.8, 4) is 22.3 Å². The van der Waals surface area contributed by atoms with E-state index < -0.39 is 0 Å². The topological polar surface area (TPSA) is 16.4 Å². The van der Waals surface area contributed by atoms with E-state index in [0.29, 0.717) is 0 Å². The van der Waals surface area contributed by atoms with Gasteiger partial charge in [-0.05, 0) is 80.4 Å². The summed E-state index contributed by atoms with van der Waals surface area (Å²) < 4.78 is 6.66. The number of rotatable bonds is 4. The molecule has 0 radical (unpaired) electrons. The maximum atomic E-state index is 6.66. The number of nitrogens with zero attached hydrogens (tertiary/aromatic N) is 1. The fourth-order valence-electron chi connectivity index (χ4n) is 8.23. The third-order valence-electron chi connectivity index (χ3n) is 10.6. The van der Waals surface area contributed by atoms with Gasteiger partial charge in [0.2, 0.25) is 0 Å². The zero-order valence-corrected chi connectivity index (χ0v) is 27.4. The highest BCUT2D eigenvalue weighted by Gasteiger charge is 2.38. The molecular weight excluding hydrogens is 595 g/mol. The Hall–Kier alpha value is -6.12. The van der Waals surface area contributed by atoms with Crippen LogP contribution < -0.4 is 4.90 Å². The lowest BCUT2D eigenvalue weighted by atomic mass is 9.82. The molecule has 9 aromatic rings. The van der Waals surface area contributed by atoms with Crippen LogP contribution in [-0.2, 0) is 5.41 Å². The van der Waals surface area contributed by atoms with Gasteiger partial charge in [0.25, 0.3) is 0 Å². The number of furan rings is 1. The van der Waals surface area contributed by atoms with Crippen LogP contribution in [0.1, 0.15) is 25.0 Å². The first kappa shape index (κ1) is 27.9. The van der Waals surface area contributed by atoms with Crippen molar-refractivity contribution in [3.05, 3.63) is 175 Å². The minimum Gasteiger partial charge on any atom is -0.455 e. The molecule has 1 aliphatic carbocycles. The summed E-state index contributed by atoms with van der Waals surface area (Å²) in [4.78, 5) is 2.44. The second kappa shape index (κ2) is 10.4. The maximum Gasteiger partial charge on any atom is 0.143 e. The summed E-state index contributed by atoms with van der Waals surface area (Å²) in [5, 5.41) is 7.27. The van der Waals surface area contributed by atoms with E-state index in [1.54, 1.807) is 0 Å². The lowest BCUT2D eigenvalue weighted by Crippen LogP contribution is -2.15. The van der Waals surface area contributed by atoms with Crippen molar-refractivity contribution in [2.45, 2.75) is 19.3 Å². The summed E-state index contributed by atoms with van der Waals surface area (Å²) >= 11 is 0. The SMILES string of the molecule is CC1(C)c2ccc(N(c3ccc(-c4ccccc4)cc3)c3cc4ccccc4c4ccccc34)cc2-c2c1ccc1c2oc2ccccc21. The highest BCUT2D eigenvalue weighted by molar-refractivity contribution is 6.15. The van der Waals surface area contributed by atoms with Gasteiger partial charge in [-0.3, -0.25) is 0 Å². The average Bonchev–Trinajstić information content (AvgIpc) is 3.64. The van der Waals surface area contributed by atoms with Gasteiger partial charge in [-0.25, -0.2) is 0 Å². The third-order valence-corrected chi connectivity index (χ3v) is 10.6. The minimum absolute atomic E-state index is 0.159. The molecule has 0 atom stereocenters. The van der Waals surface area contributed by atoms with E-state index in [9.17, 15) is 0 Å². The molecule has 0 aliphatic heterocycles. The quantitative estimate of drug-likeness (QED) is 0.181. The molecule has 1 heterocycles. The van der Waals surface area contributed by atoms with E-state index in [2.05, 4.69) is 183 Å². The predicted molar refractivity (Wildman–Crippen MR) is 206 cm³/mol. The fourth-order valence-corrected chi connectivity index (χ4v) is 8.23. The average molecular weight is 628 g/mol. The third kappa shape index (κ3) is 4.14. The van der Waals surface area contributed by atoms with Crippen molar-refractivity contribution in [3.63, 3.8) is 0 Å². The second-order valence-electron chi connectivity index (χ2n) is 13.7. The van der Waals surface area contributed by atoms with Crippen LogP contribution in [0.15, 0.2) is 168 Å². The lowest BCUT2D eigenvalue weighted by Gasteiger charge is -2.29. The van der Waals surface area contributed by atoms with Crippen LogP contribution in [0.5, 0.6) is 0 Å². The molecule has 1 aromatic heterocycles. The van der Waals surface area contributed by atoms with Crippen molar-refractivity contribution in [2.24, 2.45) is 0 Å². The van der Waals surface area contributed by atoms with E-state index in [0.717, 1.165) is 39.0 Å². The molecule has 0 unspecified atom stereocenters. The maximum absolute atomic E-state index is 6.66. The molecule has 0 saturated carbocycles. The smallest absolute Gasteiger partial charge is 0.143 e. The molecule has 8 aromatic carbocycles. The highest BCUT2D eigenvalue weighted by atomic mass is 16.3. The normalized spacial score (nSPS) is 13.3. The molecule has 10 rings (SSSR count). The molecule has 0 amide bonds. The first-order valence-electron chi connectivity index (χ1n) is 17.0. The molecule has 0 fully saturated rings. The molecule has 0 N–H and O–H groups in total. The van der Waals surface area contributed by atoms with Crippen LogP contribution >= 0.6 is 0 Å². The molecule has 2 nitrogen and oxygen atoms in total. The summed E-state index contributed by atoms with van der Waals surface area (Å²) in [5.41, 5.74) is 12.6. The standard InChI is InChI=1S/C47H33NO/c1-47(2)41-26-24-34(29-40(41)45-42(47)27-25-39-38-18-10-11-19-44(38)49-46(39)45)48(33-22-20-31(21-23-33)30-12-4-3-5-13-30)43-28-32-14-6-7-15-35(32)36-16-8-9-17-37(36)43/h3-29H,1-2H3. The summed E-state index contributed by atoms with van der Waals surface area (Å²) in [6.07, 6.45) is 0. The number of benzene rings is 8. The molecule has 0 bridgehead atoms. The van der Waals surface area contributed by atoms with Crippen LogP contribution in [0.2, 0.25) is 0 Å². The monoisotopic (exact) mass is 627 g/mol. The van der Waals surface area contributed by atoms with Crippen molar-refractivity contribution < 1.29 is 4.42 Å². The van der Waals surface area contributed by atoms with Crippen LogP contribution in [0, 0.1) is 0 Å². The molecule has 232 valence electrons. The minimum atomic E-state index is -0.159. The summed E-state index contributed by atoms with van der Waals surface area (Å²) in [7, 11) is 0. The van der Waals surface area contributed by atoms with Crippen LogP contribution in [0.3, 0.4) is 0 Å². The van der Waals surface area contributed by atoms with Crippen molar-refractivity contribution in [2.75, 3.05) is 4.90 Å². The van der Waals surface area contributed by atoms with Crippen molar-refractivity contribution in [1.29, 1.82) is 0 Å². The first-order valence-corrected chi connectivity index (χ1v) is 17.0. The fraction of sp³-hybridized carbons (Fsp3) is 0.0638. The number of hydrogen-bond donors (Lipinski definition) is 0. The van der Waals surface area contributed by atoms with Crippen LogP contribution in [0.25, 0.3) is 65.7 Å². The van der Waals surface area contributed by atoms with Gasteiger partial charge in [0, 0.05) is 38.5 Å². The summed E-state index contributed by atoms with van der Waals surface area (Å²) in [5.74, 6) is 0. The molecule has 0 saturated heterocycles. The Morgan fingerprint density at radius 3 is 1.92 bits per heavy atom. The molecule has 49 heavy (non-hydrogen) atoms. The van der Waals surface area contributed by atoms with E-state index >= 15 is 0 Å². The Morgan fingerprint density at radius 2 is 1.10 bits per heavy atom. The van der Waals surface area contributed by atoms with Gasteiger partial charge in [0.15, 0.2) is 0 Å². The van der Waals surface area contributed by atoms with E-state index in [1.807, 2.05) is 0 Å². The number of anilines is 3. The second-order valence-corrected chi connectivity index (χ2v) is 13.7. The van der Waals surface area contributed by atoms with Gasteiger partial charge in [0.05, 0.1) is 5.69 Å². The number of hydrogen-bond acceptors (Lipinski definition) is 2. The van der Waals surface area contributed by atoms with Crippen molar-refractivity contribution in [1.82, 2.24) is 0 Å². The summed E-state index contributed by atoms with van der Waals surface area (Å²) in [6.45, 7) is 4.67. The Bertz CT molecular complexity index is 2730.